The number of hydrogen-bond donors (Lipinski definition) is 2. The number of carbonyl (C=O) groups is 6. The van der Waals surface area contributed by atoms with Gasteiger partial charge in [0, 0.05) is 50.5 Å². The summed E-state index contributed by atoms with van der Waals surface area (Å²) in [4.78, 5) is 86.7. The molecule has 2 saturated carbocycles. The molecule has 3 fully saturated rings. The van der Waals surface area contributed by atoms with Crippen molar-refractivity contribution in [2.45, 2.75) is 137 Å². The largest absolute Gasteiger partial charge is 0.344 e. The van der Waals surface area contributed by atoms with Gasteiger partial charge in [-0.25, -0.2) is 4.98 Å². The van der Waals surface area contributed by atoms with Crippen LogP contribution in [0.5, 0.6) is 0 Å². The molecule has 6 atom stereocenters. The second-order valence-corrected chi connectivity index (χ2v) is 15.3. The van der Waals surface area contributed by atoms with Crippen molar-refractivity contribution in [3.63, 3.8) is 0 Å². The van der Waals surface area contributed by atoms with Crippen LogP contribution >= 0.6 is 0 Å². The molecule has 3 aliphatic rings. The lowest BCUT2D eigenvalue weighted by Gasteiger charge is -2.33. The van der Waals surface area contributed by atoms with Gasteiger partial charge in [0.2, 0.25) is 17.6 Å². The van der Waals surface area contributed by atoms with E-state index in [1.54, 1.807) is 4.90 Å². The number of nitrogens with zero attached hydrogens (tertiary/aromatic N) is 3. The van der Waals surface area contributed by atoms with Crippen LogP contribution in [0.1, 0.15) is 124 Å². The highest BCUT2D eigenvalue weighted by atomic mass is 16.2. The number of aromatic amines is 1. The Morgan fingerprint density at radius 3 is 2.35 bits per heavy atom. The fourth-order valence-corrected chi connectivity index (χ4v) is 7.79. The minimum absolute atomic E-state index is 0.0127. The van der Waals surface area contributed by atoms with Gasteiger partial charge >= 0.3 is 0 Å². The molecule has 48 heavy (non-hydrogen) atoms. The number of unbranched alkanes of at least 4 members (excludes halogenated alkanes) is 1. The van der Waals surface area contributed by atoms with Crippen molar-refractivity contribution in [1.29, 1.82) is 0 Å². The number of amides is 2. The number of rotatable bonds is 21. The molecular weight excluding hydrogens is 610 g/mol. The summed E-state index contributed by atoms with van der Waals surface area (Å²) in [6.07, 6.45) is 10.2. The molecule has 1 aromatic rings. The van der Waals surface area contributed by atoms with Crippen LogP contribution in [-0.2, 0) is 35.2 Å². The summed E-state index contributed by atoms with van der Waals surface area (Å²) in [5.41, 5.74) is 0. The van der Waals surface area contributed by atoms with Gasteiger partial charge in [-0.2, -0.15) is 5.10 Å². The highest BCUT2D eigenvalue weighted by Crippen LogP contribution is 2.44. The number of carbonyl (C=O) groups excluding carboxylic acids is 6. The van der Waals surface area contributed by atoms with Crippen molar-refractivity contribution in [3.05, 3.63) is 12.2 Å². The van der Waals surface area contributed by atoms with E-state index in [9.17, 15) is 28.8 Å². The smallest absolute Gasteiger partial charge is 0.246 e. The van der Waals surface area contributed by atoms with E-state index < -0.39 is 29.7 Å². The van der Waals surface area contributed by atoms with Crippen molar-refractivity contribution in [2.75, 3.05) is 6.54 Å². The second kappa shape index (κ2) is 17.4. The summed E-state index contributed by atoms with van der Waals surface area (Å²) in [6.45, 7) is 9.97. The average Bonchev–Trinajstić information content (AvgIpc) is 3.38. The summed E-state index contributed by atoms with van der Waals surface area (Å²) in [5, 5.41) is 9.66. The number of hydrogen-bond acceptors (Lipinski definition) is 8. The molecule has 1 aliphatic heterocycles. The van der Waals surface area contributed by atoms with Gasteiger partial charge in [-0.1, -0.05) is 47.5 Å². The zero-order valence-corrected chi connectivity index (χ0v) is 29.7. The van der Waals surface area contributed by atoms with Crippen molar-refractivity contribution >= 4 is 34.9 Å². The van der Waals surface area contributed by atoms with Gasteiger partial charge in [0.15, 0.2) is 11.6 Å². The Labute approximate surface area is 285 Å². The molecule has 2 aliphatic carbocycles. The second-order valence-electron chi connectivity index (χ2n) is 15.3. The first kappa shape index (κ1) is 37.6. The number of ketones is 4. The Hall–Kier alpha value is -3.24. The highest BCUT2D eigenvalue weighted by molar-refractivity contribution is 6.38. The van der Waals surface area contributed by atoms with E-state index in [0.717, 1.165) is 44.3 Å². The van der Waals surface area contributed by atoms with Gasteiger partial charge in [-0.15, -0.1) is 0 Å². The third kappa shape index (κ3) is 9.91. The lowest BCUT2D eigenvalue weighted by Crippen LogP contribution is -2.56. The molecule has 4 rings (SSSR count). The van der Waals surface area contributed by atoms with Gasteiger partial charge in [0.25, 0.3) is 0 Å². The fourth-order valence-electron chi connectivity index (χ4n) is 7.79. The Bertz CT molecular complexity index is 1290. The summed E-state index contributed by atoms with van der Waals surface area (Å²) >= 11 is 0. The number of likely N-dealkylation sites (tertiary alicyclic amines) is 1. The van der Waals surface area contributed by atoms with E-state index in [-0.39, 0.29) is 72.1 Å². The number of aromatic nitrogens is 3. The number of aryl methyl sites for hydroxylation is 1. The summed E-state index contributed by atoms with van der Waals surface area (Å²) < 4.78 is 0. The van der Waals surface area contributed by atoms with E-state index in [0.29, 0.717) is 44.6 Å². The first-order valence-electron chi connectivity index (χ1n) is 18.5. The highest BCUT2D eigenvalue weighted by Gasteiger charge is 2.51. The minimum atomic E-state index is -0.849. The van der Waals surface area contributed by atoms with Crippen LogP contribution in [0.3, 0.4) is 0 Å². The van der Waals surface area contributed by atoms with Crippen LogP contribution < -0.4 is 5.32 Å². The maximum atomic E-state index is 14.3. The Balaban J connectivity index is 1.41. The predicted molar refractivity (Wildman–Crippen MR) is 180 cm³/mol. The number of nitrogens with one attached hydrogen (secondary N) is 2. The SMILES string of the molecule is CCCC(CC(=O)[C@@H]1[C@H]2CCC[C@H]2CN1C(=O)[C@@H](NC(=O)[C@H](CC(=O)CCCCc1ncn[nH]1)C(C)C)C(C)C)C(=O)C(=O)CC1CC1. The molecule has 2 heterocycles. The first-order chi connectivity index (χ1) is 22.9. The van der Waals surface area contributed by atoms with E-state index >= 15 is 0 Å². The third-order valence-corrected chi connectivity index (χ3v) is 10.8. The lowest BCUT2D eigenvalue weighted by molar-refractivity contribution is -0.145. The molecule has 11 nitrogen and oxygen atoms in total. The van der Waals surface area contributed by atoms with Gasteiger partial charge in [0.05, 0.1) is 6.04 Å². The number of fused-ring (bicyclic) bond motifs is 1. The maximum Gasteiger partial charge on any atom is 0.246 e. The monoisotopic (exact) mass is 667 g/mol. The van der Waals surface area contributed by atoms with Crippen LogP contribution in [-0.4, -0.2) is 73.7 Å². The minimum Gasteiger partial charge on any atom is -0.344 e. The summed E-state index contributed by atoms with van der Waals surface area (Å²) in [6, 6.07) is -1.51. The Morgan fingerprint density at radius 1 is 0.979 bits per heavy atom. The van der Waals surface area contributed by atoms with Crippen LogP contribution in [0.2, 0.25) is 0 Å². The number of H-pyrrole nitrogens is 1. The van der Waals surface area contributed by atoms with Gasteiger partial charge < -0.3 is 10.2 Å². The van der Waals surface area contributed by atoms with Crippen molar-refractivity contribution in [2.24, 2.45) is 41.4 Å². The van der Waals surface area contributed by atoms with Gasteiger partial charge in [-0.3, -0.25) is 33.9 Å². The zero-order valence-electron chi connectivity index (χ0n) is 29.7. The fraction of sp³-hybridized carbons (Fsp3) is 0.784. The molecule has 0 radical (unpaired) electrons. The predicted octanol–water partition coefficient (Wildman–Crippen LogP) is 4.83. The summed E-state index contributed by atoms with van der Waals surface area (Å²) in [5.74, 6) is -1.82. The topological polar surface area (TPSA) is 159 Å². The van der Waals surface area contributed by atoms with E-state index in [1.807, 2.05) is 34.6 Å². The molecule has 0 aromatic carbocycles. The van der Waals surface area contributed by atoms with E-state index in [1.165, 1.54) is 6.33 Å². The molecule has 1 unspecified atom stereocenters. The molecule has 2 N–H and O–H groups in total. The first-order valence-corrected chi connectivity index (χ1v) is 18.5. The summed E-state index contributed by atoms with van der Waals surface area (Å²) in [7, 11) is 0. The van der Waals surface area contributed by atoms with Crippen molar-refractivity contribution in [3.8, 4) is 0 Å². The average molecular weight is 668 g/mol. The quantitative estimate of drug-likeness (QED) is 0.139. The van der Waals surface area contributed by atoms with E-state index in [4.69, 9.17) is 0 Å². The lowest BCUT2D eigenvalue weighted by atomic mass is 9.84. The van der Waals surface area contributed by atoms with Gasteiger partial charge in [-0.05, 0) is 74.5 Å². The molecule has 1 aromatic heterocycles. The standard InChI is InChI=1S/C37H57N5O6/c1-6-10-25(35(46)31(45)17-24-15-16-24)18-30(44)34-28-13-9-11-26(28)20-42(34)37(48)33(23(4)5)40-36(47)29(22(2)3)19-27(43)12-7-8-14-32-38-21-39-41-32/h21-26,28-29,33-34H,6-20H2,1-5H3,(H,40,47)(H,38,39,41)/t25?,26-,28-,29+,33-,34-/m0/s1. The maximum absolute atomic E-state index is 14.3. The van der Waals surface area contributed by atoms with E-state index in [2.05, 4.69) is 20.5 Å². The van der Waals surface area contributed by atoms with Crippen molar-refractivity contribution in [1.82, 2.24) is 25.4 Å². The third-order valence-electron chi connectivity index (χ3n) is 10.8. The normalized spacial score (nSPS) is 22.4. The molecule has 0 bridgehead atoms. The Kier molecular flexibility index (Phi) is 13.6. The van der Waals surface area contributed by atoms with Crippen LogP contribution in [0.4, 0.5) is 0 Å². The Morgan fingerprint density at radius 2 is 1.73 bits per heavy atom. The van der Waals surface area contributed by atoms with Crippen LogP contribution in [0.25, 0.3) is 0 Å². The molecule has 266 valence electrons. The zero-order chi connectivity index (χ0) is 35.0. The van der Waals surface area contributed by atoms with Crippen LogP contribution in [0, 0.1) is 41.4 Å². The molecule has 1 saturated heterocycles. The van der Waals surface area contributed by atoms with Crippen LogP contribution in [0.15, 0.2) is 6.33 Å². The molecule has 11 heteroatoms. The number of Topliss-reactive ketones (excluding diaryl/α,β-unsaturated/α-hetero) is 4. The molecular formula is C37H57N5O6. The van der Waals surface area contributed by atoms with Crippen molar-refractivity contribution < 1.29 is 28.8 Å². The molecule has 0 spiro atoms. The van der Waals surface area contributed by atoms with Gasteiger partial charge in [0.1, 0.15) is 24.0 Å². The molecule has 2 amide bonds.